The van der Waals surface area contributed by atoms with E-state index in [2.05, 4.69) is 23.3 Å². The van der Waals surface area contributed by atoms with Gasteiger partial charge in [-0.1, -0.05) is 44.5 Å². The number of carboxylic acid groups (broad SMARTS) is 1. The number of carbonyl (C=O) groups excluding carboxylic acids is 4. The zero-order valence-electron chi connectivity index (χ0n) is 25.3. The summed E-state index contributed by atoms with van der Waals surface area (Å²) in [7, 11) is 1.46. The van der Waals surface area contributed by atoms with Gasteiger partial charge in [0.05, 0.1) is 6.04 Å². The van der Waals surface area contributed by atoms with Crippen LogP contribution in [0, 0.1) is 5.92 Å². The highest BCUT2D eigenvalue weighted by atomic mass is 32.2. The van der Waals surface area contributed by atoms with E-state index in [-0.39, 0.29) is 25.3 Å². The van der Waals surface area contributed by atoms with Crippen LogP contribution in [0.25, 0.3) is 0 Å². The molecular weight excluding hydrogens is 592 g/mol. The molecule has 1 aromatic carbocycles. The van der Waals surface area contributed by atoms with E-state index in [1.165, 1.54) is 28.6 Å². The monoisotopic (exact) mass is 638 g/mol. The lowest BCUT2D eigenvalue weighted by Crippen LogP contribution is -2.61. The first-order valence-electron chi connectivity index (χ1n) is 14.4. The van der Waals surface area contributed by atoms with Gasteiger partial charge in [-0.2, -0.15) is 11.8 Å². The van der Waals surface area contributed by atoms with Gasteiger partial charge in [-0.3, -0.25) is 19.2 Å². The number of hydrogen-bond acceptors (Lipinski definition) is 9. The molecule has 0 bridgehead atoms. The van der Waals surface area contributed by atoms with Crippen molar-refractivity contribution in [2.45, 2.75) is 82.0 Å². The summed E-state index contributed by atoms with van der Waals surface area (Å²) in [5.41, 5.74) is 13.2. The Morgan fingerprint density at radius 3 is 2.35 bits per heavy atom. The predicted octanol–water partition coefficient (Wildman–Crippen LogP) is 0.574. The van der Waals surface area contributed by atoms with Crippen molar-refractivity contribution < 1.29 is 29.1 Å². The van der Waals surface area contributed by atoms with Gasteiger partial charge in [0.25, 0.3) is 5.91 Å². The van der Waals surface area contributed by atoms with E-state index in [9.17, 15) is 29.1 Å². The third-order valence-corrected chi connectivity index (χ3v) is 8.52. The second-order valence-electron chi connectivity index (χ2n) is 11.1. The molecule has 0 saturated carbocycles. The molecule has 1 aromatic rings. The molecule has 0 radical (unpaired) electrons. The molecule has 0 fully saturated rings. The summed E-state index contributed by atoms with van der Waals surface area (Å²) in [5, 5.41) is 13.6. The first kappa shape index (κ1) is 36.4. The van der Waals surface area contributed by atoms with Gasteiger partial charge in [0.15, 0.2) is 5.37 Å². The number of fused-ring (bicyclic) bond motifs is 1. The molecular formula is C29H46N6O6S2. The zero-order valence-corrected chi connectivity index (χ0v) is 27.0. The minimum Gasteiger partial charge on any atom is -0.480 e. The average Bonchev–Trinajstić information content (AvgIpc) is 2.97. The van der Waals surface area contributed by atoms with Crippen LogP contribution in [0.2, 0.25) is 0 Å². The molecule has 7 N–H and O–H groups in total. The number of hydrogen-bond donors (Lipinski definition) is 6. The normalized spacial score (nSPS) is 17.3. The first-order valence-corrected chi connectivity index (χ1v) is 16.3. The third-order valence-electron chi connectivity index (χ3n) is 7.53. The van der Waals surface area contributed by atoms with Crippen LogP contribution in [0.15, 0.2) is 24.3 Å². The largest absolute Gasteiger partial charge is 0.480 e. The van der Waals surface area contributed by atoms with Crippen LogP contribution in [-0.4, -0.2) is 99.6 Å². The van der Waals surface area contributed by atoms with E-state index in [4.69, 9.17) is 11.5 Å². The van der Waals surface area contributed by atoms with Crippen LogP contribution in [0.3, 0.4) is 0 Å². The number of likely N-dealkylation sites (N-methyl/N-ethyl adjacent to an activating group) is 1. The number of aliphatic carboxylic acids is 1. The Kier molecular flexibility index (Phi) is 14.8. The molecule has 14 heteroatoms. The van der Waals surface area contributed by atoms with E-state index in [0.717, 1.165) is 17.5 Å². The Bertz CT molecular complexity index is 1140. The number of rotatable bonds is 16. The molecule has 1 heterocycles. The highest BCUT2D eigenvalue weighted by molar-refractivity contribution is 7.98. The number of carbonyl (C=O) groups is 5. The van der Waals surface area contributed by atoms with Crippen molar-refractivity contribution in [2.24, 2.45) is 17.4 Å². The van der Waals surface area contributed by atoms with Gasteiger partial charge >= 0.3 is 5.97 Å². The highest BCUT2D eigenvalue weighted by Crippen LogP contribution is 2.27. The second-order valence-corrected chi connectivity index (χ2v) is 12.6. The number of unbranched alkanes of at least 4 members (excludes halogenated alkanes) is 1. The van der Waals surface area contributed by atoms with Crippen LogP contribution < -0.4 is 22.1 Å². The van der Waals surface area contributed by atoms with Crippen molar-refractivity contribution >= 4 is 54.0 Å². The molecule has 0 spiro atoms. The second kappa shape index (κ2) is 17.5. The molecule has 4 amide bonds. The fourth-order valence-electron chi connectivity index (χ4n) is 5.09. The smallest absolute Gasteiger partial charge is 0.326 e. The molecule has 1 aliphatic heterocycles. The average molecular weight is 639 g/mol. The number of nitrogens with two attached hydrogens (primary N) is 2. The number of amides is 4. The van der Waals surface area contributed by atoms with Crippen molar-refractivity contribution in [1.29, 1.82) is 0 Å². The zero-order chi connectivity index (χ0) is 32.3. The fraction of sp³-hybridized carbons (Fsp3) is 0.621. The Labute approximate surface area is 263 Å². The fourth-order valence-corrected chi connectivity index (χ4v) is 5.87. The summed E-state index contributed by atoms with van der Waals surface area (Å²) in [6.45, 7) is 4.16. The molecule has 12 nitrogen and oxygen atoms in total. The molecule has 0 aromatic heterocycles. The summed E-state index contributed by atoms with van der Waals surface area (Å²) >= 11 is 5.76. The van der Waals surface area contributed by atoms with E-state index in [1.54, 1.807) is 13.8 Å². The van der Waals surface area contributed by atoms with Gasteiger partial charge in [-0.15, -0.1) is 12.6 Å². The first-order chi connectivity index (χ1) is 20.3. The van der Waals surface area contributed by atoms with E-state index in [0.29, 0.717) is 25.1 Å². The number of carboxylic acids is 1. The van der Waals surface area contributed by atoms with Crippen molar-refractivity contribution in [3.63, 3.8) is 0 Å². The molecule has 0 unspecified atom stereocenters. The van der Waals surface area contributed by atoms with Gasteiger partial charge in [-0.05, 0) is 54.9 Å². The van der Waals surface area contributed by atoms with Gasteiger partial charge in [-0.25, -0.2) is 4.79 Å². The van der Waals surface area contributed by atoms with Crippen LogP contribution in [0.5, 0.6) is 0 Å². The van der Waals surface area contributed by atoms with Crippen LogP contribution >= 0.6 is 24.4 Å². The molecule has 240 valence electrons. The lowest BCUT2D eigenvalue weighted by atomic mass is 9.91. The Morgan fingerprint density at radius 2 is 1.77 bits per heavy atom. The number of benzene rings is 1. The molecule has 43 heavy (non-hydrogen) atoms. The number of nitrogens with one attached hydrogen (secondary N) is 2. The number of thioether (sulfide) groups is 1. The van der Waals surface area contributed by atoms with E-state index in [1.807, 2.05) is 30.5 Å². The van der Waals surface area contributed by atoms with Crippen molar-refractivity contribution in [1.82, 2.24) is 20.4 Å². The van der Waals surface area contributed by atoms with E-state index >= 15 is 0 Å². The molecule has 5 atom stereocenters. The lowest BCUT2D eigenvalue weighted by Gasteiger charge is -2.41. The quantitative estimate of drug-likeness (QED) is 0.0855. The van der Waals surface area contributed by atoms with Crippen molar-refractivity contribution in [2.75, 3.05) is 25.6 Å². The maximum absolute atomic E-state index is 14.2. The summed E-state index contributed by atoms with van der Waals surface area (Å²) in [5.74, 6) is -3.18. The summed E-state index contributed by atoms with van der Waals surface area (Å²) < 4.78 is 0. The van der Waals surface area contributed by atoms with Gasteiger partial charge in [0.1, 0.15) is 18.1 Å². The van der Waals surface area contributed by atoms with Crippen molar-refractivity contribution in [3.05, 3.63) is 35.4 Å². The topological polar surface area (TPSA) is 188 Å². The van der Waals surface area contributed by atoms with Crippen molar-refractivity contribution in [3.8, 4) is 0 Å². The summed E-state index contributed by atoms with van der Waals surface area (Å²) in [6.07, 6.45) is 4.07. The SMILES string of the molecule is CSCC[C@H](NC(=O)[C@@H]1Cc2ccccc2CN1C(=O)[C@H](C(C)C)N(C)C(=O)[C@H](S)NC(=O)[C@H](N)CCCCN)C(=O)O. The molecule has 2 rings (SSSR count). The Balaban J connectivity index is 2.29. The molecule has 0 aliphatic carbocycles. The molecule has 1 aliphatic rings. The van der Waals surface area contributed by atoms with Gasteiger partial charge in [0.2, 0.25) is 17.7 Å². The molecule has 0 saturated heterocycles. The van der Waals surface area contributed by atoms with Crippen LogP contribution in [-0.2, 0) is 36.9 Å². The highest BCUT2D eigenvalue weighted by Gasteiger charge is 2.42. The number of thiol groups is 1. The standard InChI is InChI=1S/C29H46N6O6S2/c1-17(2)23(34(3)28(39)26(42)33-24(36)20(31)11-7-8-13-30)27(38)35-16-19-10-6-5-9-18(19)15-22(35)25(37)32-21(29(40)41)12-14-43-4/h5-6,9-10,17,20-23,26,42H,7-8,11-16,30-31H2,1-4H3,(H,32,37)(H,33,36)(H,40,41)/t20-,21+,22+,23+,26+/m1/s1. The van der Waals surface area contributed by atoms with Crippen LogP contribution in [0.1, 0.15) is 50.7 Å². The summed E-state index contributed by atoms with van der Waals surface area (Å²) in [4.78, 5) is 68.2. The third kappa shape index (κ3) is 10.1. The number of nitrogens with zero attached hydrogens (tertiary/aromatic N) is 2. The van der Waals surface area contributed by atoms with Gasteiger partial charge in [0, 0.05) is 20.0 Å². The van der Waals surface area contributed by atoms with Crippen LogP contribution in [0.4, 0.5) is 0 Å². The summed E-state index contributed by atoms with van der Waals surface area (Å²) in [6, 6.07) is 3.52. The maximum Gasteiger partial charge on any atom is 0.326 e. The van der Waals surface area contributed by atoms with E-state index < -0.39 is 59.1 Å². The Hall–Kier alpha value is -2.81. The lowest BCUT2D eigenvalue weighted by molar-refractivity contribution is -0.152. The minimum absolute atomic E-state index is 0.111. The van der Waals surface area contributed by atoms with Gasteiger partial charge < -0.3 is 37.0 Å². The minimum atomic E-state index is -1.25. The predicted molar refractivity (Wildman–Crippen MR) is 170 cm³/mol. The maximum atomic E-state index is 14.2. The Morgan fingerprint density at radius 1 is 1.12 bits per heavy atom.